The second-order valence-corrected chi connectivity index (χ2v) is 6.24. The third kappa shape index (κ3) is 4.99. The lowest BCUT2D eigenvalue weighted by Crippen LogP contribution is -2.37. The van der Waals surface area contributed by atoms with Crippen molar-refractivity contribution in [2.24, 2.45) is 11.3 Å². The molecule has 0 aliphatic heterocycles. The highest BCUT2D eigenvalue weighted by Crippen LogP contribution is 2.24. The molecule has 1 atom stereocenters. The Labute approximate surface area is 89.7 Å². The van der Waals surface area contributed by atoms with Crippen LogP contribution in [-0.4, -0.2) is 12.6 Å². The van der Waals surface area contributed by atoms with E-state index in [4.69, 9.17) is 0 Å². The van der Waals surface area contributed by atoms with Crippen molar-refractivity contribution in [2.75, 3.05) is 6.54 Å². The minimum Gasteiger partial charge on any atom is -0.314 e. The van der Waals surface area contributed by atoms with Crippen LogP contribution in [0.3, 0.4) is 0 Å². The zero-order valence-corrected chi connectivity index (χ0v) is 10.4. The summed E-state index contributed by atoms with van der Waals surface area (Å²) in [5, 5.41) is 3.66. The zero-order valence-electron chi connectivity index (χ0n) is 10.4. The van der Waals surface area contributed by atoms with Crippen molar-refractivity contribution in [3.63, 3.8) is 0 Å². The molecule has 0 spiro atoms. The van der Waals surface area contributed by atoms with E-state index in [0.29, 0.717) is 5.41 Å². The van der Waals surface area contributed by atoms with Crippen molar-refractivity contribution < 1.29 is 0 Å². The van der Waals surface area contributed by atoms with Crippen LogP contribution in [0.15, 0.2) is 0 Å². The van der Waals surface area contributed by atoms with Crippen LogP contribution in [0.2, 0.25) is 0 Å². The van der Waals surface area contributed by atoms with Gasteiger partial charge in [0.05, 0.1) is 0 Å². The fourth-order valence-electron chi connectivity index (χ4n) is 1.76. The first-order valence-electron chi connectivity index (χ1n) is 6.21. The summed E-state index contributed by atoms with van der Waals surface area (Å²) >= 11 is 0. The number of rotatable bonds is 5. The first-order chi connectivity index (χ1) is 6.47. The molecule has 84 valence electrons. The molecule has 0 bridgehead atoms. The maximum atomic E-state index is 3.66. The Bertz CT molecular complexity index is 153. The molecule has 0 aromatic heterocycles. The van der Waals surface area contributed by atoms with Crippen molar-refractivity contribution in [3.05, 3.63) is 0 Å². The molecule has 1 nitrogen and oxygen atoms in total. The minimum absolute atomic E-state index is 0.505. The van der Waals surface area contributed by atoms with Gasteiger partial charge in [0, 0.05) is 6.04 Å². The average Bonchev–Trinajstić information content (AvgIpc) is 1.96. The predicted molar refractivity (Wildman–Crippen MR) is 63.5 cm³/mol. The normalized spacial score (nSPS) is 20.6. The van der Waals surface area contributed by atoms with Gasteiger partial charge < -0.3 is 5.32 Å². The SMILES string of the molecule is CC(CCC(C)(C)C)CNC1CCC1. The summed E-state index contributed by atoms with van der Waals surface area (Å²) in [6, 6.07) is 0.854. The monoisotopic (exact) mass is 197 g/mol. The van der Waals surface area contributed by atoms with E-state index >= 15 is 0 Å². The van der Waals surface area contributed by atoms with Crippen LogP contribution in [0.1, 0.15) is 59.8 Å². The summed E-state index contributed by atoms with van der Waals surface area (Å²) in [4.78, 5) is 0. The Balaban J connectivity index is 2.00. The molecule has 0 amide bonds. The molecular weight excluding hydrogens is 170 g/mol. The van der Waals surface area contributed by atoms with Gasteiger partial charge in [-0.05, 0) is 43.6 Å². The maximum absolute atomic E-state index is 3.66. The van der Waals surface area contributed by atoms with Gasteiger partial charge in [0.2, 0.25) is 0 Å². The topological polar surface area (TPSA) is 12.0 Å². The Kier molecular flexibility index (Phi) is 4.43. The largest absolute Gasteiger partial charge is 0.314 e. The van der Waals surface area contributed by atoms with Crippen LogP contribution in [0.4, 0.5) is 0 Å². The molecule has 1 rings (SSSR count). The standard InChI is InChI=1S/C13H27N/c1-11(8-9-13(2,3)4)10-14-12-6-5-7-12/h11-12,14H,5-10H2,1-4H3. The van der Waals surface area contributed by atoms with Crippen LogP contribution in [-0.2, 0) is 0 Å². The Morgan fingerprint density at radius 1 is 1.29 bits per heavy atom. The molecule has 0 aromatic rings. The van der Waals surface area contributed by atoms with E-state index in [-0.39, 0.29) is 0 Å². The van der Waals surface area contributed by atoms with Crippen molar-refractivity contribution >= 4 is 0 Å². The molecule has 0 radical (unpaired) electrons. The van der Waals surface area contributed by atoms with Crippen LogP contribution >= 0.6 is 0 Å². The van der Waals surface area contributed by atoms with E-state index in [0.717, 1.165) is 12.0 Å². The summed E-state index contributed by atoms with van der Waals surface area (Å²) in [7, 11) is 0. The Morgan fingerprint density at radius 3 is 2.36 bits per heavy atom. The molecule has 0 saturated heterocycles. The second kappa shape index (κ2) is 5.16. The first-order valence-corrected chi connectivity index (χ1v) is 6.21. The summed E-state index contributed by atoms with van der Waals surface area (Å²) in [5.41, 5.74) is 0.505. The number of hydrogen-bond donors (Lipinski definition) is 1. The Hall–Kier alpha value is -0.0400. The van der Waals surface area contributed by atoms with Gasteiger partial charge in [0.25, 0.3) is 0 Å². The van der Waals surface area contributed by atoms with E-state index in [1.165, 1.54) is 38.6 Å². The average molecular weight is 197 g/mol. The van der Waals surface area contributed by atoms with E-state index in [1.54, 1.807) is 0 Å². The van der Waals surface area contributed by atoms with Gasteiger partial charge >= 0.3 is 0 Å². The second-order valence-electron chi connectivity index (χ2n) is 6.24. The molecule has 1 heteroatoms. The van der Waals surface area contributed by atoms with E-state index in [9.17, 15) is 0 Å². The summed E-state index contributed by atoms with van der Waals surface area (Å²) in [5.74, 6) is 0.842. The summed E-state index contributed by atoms with van der Waals surface area (Å²) in [6.45, 7) is 10.6. The molecule has 1 unspecified atom stereocenters. The number of hydrogen-bond acceptors (Lipinski definition) is 1. The molecule has 1 aliphatic carbocycles. The lowest BCUT2D eigenvalue weighted by molar-refractivity contribution is 0.290. The van der Waals surface area contributed by atoms with Crippen molar-refractivity contribution in [1.29, 1.82) is 0 Å². The third-order valence-corrected chi connectivity index (χ3v) is 3.25. The molecule has 1 aliphatic rings. The molecule has 1 fully saturated rings. The van der Waals surface area contributed by atoms with Gasteiger partial charge in [-0.15, -0.1) is 0 Å². The van der Waals surface area contributed by atoms with Crippen LogP contribution in [0.25, 0.3) is 0 Å². The van der Waals surface area contributed by atoms with E-state index in [1.807, 2.05) is 0 Å². The van der Waals surface area contributed by atoms with Gasteiger partial charge in [-0.3, -0.25) is 0 Å². The van der Waals surface area contributed by atoms with Crippen LogP contribution < -0.4 is 5.32 Å². The fraction of sp³-hybridized carbons (Fsp3) is 1.00. The Morgan fingerprint density at radius 2 is 1.93 bits per heavy atom. The quantitative estimate of drug-likeness (QED) is 0.710. The predicted octanol–water partition coefficient (Wildman–Crippen LogP) is 3.59. The van der Waals surface area contributed by atoms with Gasteiger partial charge in [-0.1, -0.05) is 34.1 Å². The van der Waals surface area contributed by atoms with Crippen molar-refractivity contribution in [2.45, 2.75) is 65.8 Å². The third-order valence-electron chi connectivity index (χ3n) is 3.25. The van der Waals surface area contributed by atoms with E-state index < -0.39 is 0 Å². The highest BCUT2D eigenvalue weighted by molar-refractivity contribution is 4.77. The molecular formula is C13H27N. The van der Waals surface area contributed by atoms with Gasteiger partial charge in [0.15, 0.2) is 0 Å². The van der Waals surface area contributed by atoms with E-state index in [2.05, 4.69) is 33.0 Å². The molecule has 1 N–H and O–H groups in total. The van der Waals surface area contributed by atoms with Crippen LogP contribution in [0.5, 0.6) is 0 Å². The molecule has 14 heavy (non-hydrogen) atoms. The first kappa shape index (κ1) is 12.0. The fourth-order valence-corrected chi connectivity index (χ4v) is 1.76. The highest BCUT2D eigenvalue weighted by atomic mass is 14.9. The number of nitrogens with one attached hydrogen (secondary N) is 1. The molecule has 1 saturated carbocycles. The van der Waals surface area contributed by atoms with Gasteiger partial charge in [-0.2, -0.15) is 0 Å². The van der Waals surface area contributed by atoms with Crippen molar-refractivity contribution in [1.82, 2.24) is 5.32 Å². The minimum atomic E-state index is 0.505. The zero-order chi connectivity index (χ0) is 10.6. The van der Waals surface area contributed by atoms with Crippen LogP contribution in [0, 0.1) is 11.3 Å². The lowest BCUT2D eigenvalue weighted by Gasteiger charge is -2.28. The summed E-state index contributed by atoms with van der Waals surface area (Å²) in [6.07, 6.45) is 6.97. The highest BCUT2D eigenvalue weighted by Gasteiger charge is 2.18. The molecule has 0 heterocycles. The summed E-state index contributed by atoms with van der Waals surface area (Å²) < 4.78 is 0. The maximum Gasteiger partial charge on any atom is 0.00671 e. The smallest absolute Gasteiger partial charge is 0.00671 e. The molecule has 0 aromatic carbocycles. The van der Waals surface area contributed by atoms with Gasteiger partial charge in [0.1, 0.15) is 0 Å². The van der Waals surface area contributed by atoms with Gasteiger partial charge in [-0.25, -0.2) is 0 Å². The van der Waals surface area contributed by atoms with Crippen molar-refractivity contribution in [3.8, 4) is 0 Å². The lowest BCUT2D eigenvalue weighted by atomic mass is 9.86.